The second-order valence-electron chi connectivity index (χ2n) is 7.38. The van der Waals surface area contributed by atoms with Crippen molar-refractivity contribution in [1.82, 2.24) is 15.1 Å². The van der Waals surface area contributed by atoms with Gasteiger partial charge in [-0.05, 0) is 37.3 Å². The lowest BCUT2D eigenvalue weighted by Crippen LogP contribution is -2.51. The summed E-state index contributed by atoms with van der Waals surface area (Å²) in [6.07, 6.45) is 3.64. The van der Waals surface area contributed by atoms with E-state index in [1.165, 1.54) is 19.3 Å². The van der Waals surface area contributed by atoms with E-state index in [0.29, 0.717) is 18.4 Å². The number of urea groups is 1. The maximum absolute atomic E-state index is 12.5. The van der Waals surface area contributed by atoms with E-state index in [9.17, 15) is 14.7 Å². The van der Waals surface area contributed by atoms with E-state index in [1.807, 2.05) is 42.3 Å². The standard InChI is InChI=1S/C19H27N3O3/c1-21(10-14-6-3-2-4-7-14)13-17(18(23)24)20-19(25)22-11-15-8-5-9-16(15)12-22/h2-4,6-7,15-17H,5,8-13H2,1H3,(H,20,25)(H,23,24)/t15-,16+,17?. The molecule has 1 unspecified atom stereocenters. The molecule has 0 spiro atoms. The molecule has 0 bridgehead atoms. The zero-order valence-electron chi connectivity index (χ0n) is 14.7. The number of likely N-dealkylation sites (tertiary alicyclic amines) is 1. The average Bonchev–Trinajstić information content (AvgIpc) is 3.16. The van der Waals surface area contributed by atoms with Crippen LogP contribution >= 0.6 is 0 Å². The summed E-state index contributed by atoms with van der Waals surface area (Å²) in [7, 11) is 1.87. The summed E-state index contributed by atoms with van der Waals surface area (Å²) in [6.45, 7) is 2.45. The third kappa shape index (κ3) is 4.51. The fraction of sp³-hybridized carbons (Fsp3) is 0.579. The van der Waals surface area contributed by atoms with Crippen LogP contribution in [-0.4, -0.2) is 59.6 Å². The van der Waals surface area contributed by atoms with Crippen molar-refractivity contribution in [2.24, 2.45) is 11.8 Å². The maximum atomic E-state index is 12.5. The lowest BCUT2D eigenvalue weighted by Gasteiger charge is -2.25. The third-order valence-electron chi connectivity index (χ3n) is 5.40. The van der Waals surface area contributed by atoms with E-state index in [4.69, 9.17) is 0 Å². The monoisotopic (exact) mass is 345 g/mol. The molecule has 2 amide bonds. The van der Waals surface area contributed by atoms with Crippen LogP contribution in [0.25, 0.3) is 0 Å². The second-order valence-corrected chi connectivity index (χ2v) is 7.38. The number of carbonyl (C=O) groups is 2. The number of hydrogen-bond donors (Lipinski definition) is 2. The number of nitrogens with one attached hydrogen (secondary N) is 1. The number of carboxylic acids is 1. The number of nitrogens with zero attached hydrogens (tertiary/aromatic N) is 2. The fourth-order valence-electron chi connectivity index (χ4n) is 4.10. The van der Waals surface area contributed by atoms with Gasteiger partial charge in [0.1, 0.15) is 6.04 Å². The van der Waals surface area contributed by atoms with Crippen molar-refractivity contribution < 1.29 is 14.7 Å². The van der Waals surface area contributed by atoms with E-state index in [2.05, 4.69) is 5.32 Å². The number of carbonyl (C=O) groups excluding carboxylic acids is 1. The zero-order chi connectivity index (χ0) is 17.8. The first-order chi connectivity index (χ1) is 12.0. The molecule has 1 saturated carbocycles. The maximum Gasteiger partial charge on any atom is 0.327 e. The van der Waals surface area contributed by atoms with Crippen molar-refractivity contribution in [1.29, 1.82) is 0 Å². The van der Waals surface area contributed by atoms with Crippen molar-refractivity contribution in [3.05, 3.63) is 35.9 Å². The Kier molecular flexibility index (Phi) is 5.58. The molecule has 2 N–H and O–H groups in total. The number of aliphatic carboxylic acids is 1. The van der Waals surface area contributed by atoms with Gasteiger partial charge in [0, 0.05) is 26.2 Å². The number of benzene rings is 1. The molecule has 1 aliphatic heterocycles. The normalized spacial score (nSPS) is 23.5. The highest BCUT2D eigenvalue weighted by Crippen LogP contribution is 2.37. The Morgan fingerprint density at radius 3 is 2.48 bits per heavy atom. The molecule has 6 heteroatoms. The number of amides is 2. The van der Waals surface area contributed by atoms with Gasteiger partial charge in [0.05, 0.1) is 0 Å². The van der Waals surface area contributed by atoms with Crippen molar-refractivity contribution in [3.63, 3.8) is 0 Å². The van der Waals surface area contributed by atoms with Crippen molar-refractivity contribution in [3.8, 4) is 0 Å². The van der Waals surface area contributed by atoms with Gasteiger partial charge >= 0.3 is 12.0 Å². The van der Waals surface area contributed by atoms with Crippen molar-refractivity contribution >= 4 is 12.0 Å². The van der Waals surface area contributed by atoms with Gasteiger partial charge in [-0.2, -0.15) is 0 Å². The molecule has 1 aromatic rings. The van der Waals surface area contributed by atoms with E-state index >= 15 is 0 Å². The molecule has 2 fully saturated rings. The first kappa shape index (κ1) is 17.7. The summed E-state index contributed by atoms with van der Waals surface area (Å²) in [5.41, 5.74) is 1.12. The minimum atomic E-state index is -0.993. The predicted octanol–water partition coefficient (Wildman–Crippen LogP) is 2.01. The van der Waals surface area contributed by atoms with Gasteiger partial charge in [-0.25, -0.2) is 9.59 Å². The molecule has 0 aromatic heterocycles. The summed E-state index contributed by atoms with van der Waals surface area (Å²) >= 11 is 0. The summed E-state index contributed by atoms with van der Waals surface area (Å²) < 4.78 is 0. The molecule has 1 aliphatic carbocycles. The average molecular weight is 345 g/mol. The summed E-state index contributed by atoms with van der Waals surface area (Å²) in [6, 6.07) is 8.75. The quantitative estimate of drug-likeness (QED) is 0.827. The van der Waals surface area contributed by atoms with E-state index in [0.717, 1.165) is 18.7 Å². The predicted molar refractivity (Wildman–Crippen MR) is 95.1 cm³/mol. The van der Waals surface area contributed by atoms with Crippen LogP contribution < -0.4 is 5.32 Å². The van der Waals surface area contributed by atoms with E-state index in [1.54, 1.807) is 4.90 Å². The van der Waals surface area contributed by atoms with Gasteiger partial charge in [-0.15, -0.1) is 0 Å². The van der Waals surface area contributed by atoms with Crippen LogP contribution in [-0.2, 0) is 11.3 Å². The van der Waals surface area contributed by atoms with Crippen LogP contribution in [0.4, 0.5) is 4.79 Å². The Hall–Kier alpha value is -2.08. The first-order valence-corrected chi connectivity index (χ1v) is 9.03. The number of hydrogen-bond acceptors (Lipinski definition) is 3. The molecule has 25 heavy (non-hydrogen) atoms. The first-order valence-electron chi connectivity index (χ1n) is 9.03. The lowest BCUT2D eigenvalue weighted by molar-refractivity contribution is -0.139. The molecular formula is C19H27N3O3. The van der Waals surface area contributed by atoms with E-state index in [-0.39, 0.29) is 12.6 Å². The number of carboxylic acid groups (broad SMARTS) is 1. The smallest absolute Gasteiger partial charge is 0.327 e. The highest BCUT2D eigenvalue weighted by molar-refractivity contribution is 5.83. The Labute approximate surface area is 148 Å². The van der Waals surface area contributed by atoms with Crippen LogP contribution in [0.3, 0.4) is 0 Å². The topological polar surface area (TPSA) is 72.9 Å². The summed E-state index contributed by atoms with van der Waals surface area (Å²) in [4.78, 5) is 27.8. The Morgan fingerprint density at radius 2 is 1.88 bits per heavy atom. The number of fused-ring (bicyclic) bond motifs is 1. The van der Waals surface area contributed by atoms with Crippen molar-refractivity contribution in [2.45, 2.75) is 31.8 Å². The molecule has 2 aliphatic rings. The molecule has 3 rings (SSSR count). The third-order valence-corrected chi connectivity index (χ3v) is 5.40. The number of likely N-dealkylation sites (N-methyl/N-ethyl adjacent to an activating group) is 1. The van der Waals surface area contributed by atoms with Crippen LogP contribution in [0, 0.1) is 11.8 Å². The molecule has 1 heterocycles. The molecule has 3 atom stereocenters. The Bertz CT molecular complexity index is 595. The second kappa shape index (κ2) is 7.87. The molecule has 1 saturated heterocycles. The SMILES string of the molecule is CN(Cc1ccccc1)CC(NC(=O)N1C[C@H]2CCC[C@H]2C1)C(=O)O. The van der Waals surface area contributed by atoms with Crippen molar-refractivity contribution in [2.75, 3.05) is 26.7 Å². The fourth-order valence-corrected chi connectivity index (χ4v) is 4.10. The number of rotatable bonds is 6. The summed E-state index contributed by atoms with van der Waals surface area (Å²) in [5, 5.41) is 12.2. The highest BCUT2D eigenvalue weighted by atomic mass is 16.4. The lowest BCUT2D eigenvalue weighted by atomic mass is 10.0. The van der Waals surface area contributed by atoms with Gasteiger partial charge in [0.15, 0.2) is 0 Å². The Morgan fingerprint density at radius 1 is 1.24 bits per heavy atom. The molecule has 0 radical (unpaired) electrons. The van der Waals surface area contributed by atoms with Crippen LogP contribution in [0.15, 0.2) is 30.3 Å². The van der Waals surface area contributed by atoms with Crippen LogP contribution in [0.1, 0.15) is 24.8 Å². The largest absolute Gasteiger partial charge is 0.480 e. The minimum Gasteiger partial charge on any atom is -0.480 e. The molecule has 6 nitrogen and oxygen atoms in total. The highest BCUT2D eigenvalue weighted by Gasteiger charge is 2.38. The van der Waals surface area contributed by atoms with Gasteiger partial charge in [0.2, 0.25) is 0 Å². The molecule has 1 aromatic carbocycles. The van der Waals surface area contributed by atoms with E-state index < -0.39 is 12.0 Å². The Balaban J connectivity index is 1.52. The molecular weight excluding hydrogens is 318 g/mol. The van der Waals surface area contributed by atoms with Gasteiger partial charge in [-0.1, -0.05) is 36.8 Å². The molecule has 136 valence electrons. The zero-order valence-corrected chi connectivity index (χ0v) is 14.7. The summed E-state index contributed by atoms with van der Waals surface area (Å²) in [5.74, 6) is 0.220. The van der Waals surface area contributed by atoms with Crippen LogP contribution in [0.2, 0.25) is 0 Å². The van der Waals surface area contributed by atoms with Crippen LogP contribution in [0.5, 0.6) is 0 Å². The van der Waals surface area contributed by atoms with Gasteiger partial charge in [-0.3, -0.25) is 4.90 Å². The minimum absolute atomic E-state index is 0.241. The van der Waals surface area contributed by atoms with Gasteiger partial charge in [0.25, 0.3) is 0 Å². The van der Waals surface area contributed by atoms with Gasteiger partial charge < -0.3 is 15.3 Å².